The van der Waals surface area contributed by atoms with Crippen molar-refractivity contribution in [2.24, 2.45) is 5.10 Å². The molecule has 0 aliphatic rings. The van der Waals surface area contributed by atoms with Crippen LogP contribution in [0.1, 0.15) is 76.7 Å². The number of nitrogens with one attached hydrogen (secondary N) is 2. The first kappa shape index (κ1) is 24.7. The van der Waals surface area contributed by atoms with Gasteiger partial charge in [0.05, 0.1) is 12.8 Å². The van der Waals surface area contributed by atoms with Crippen molar-refractivity contribution in [2.75, 3.05) is 25.5 Å². The predicted octanol–water partition coefficient (Wildman–Crippen LogP) is 4.24. The second kappa shape index (κ2) is 15.5. The first-order valence-electron chi connectivity index (χ1n) is 10.9. The van der Waals surface area contributed by atoms with Crippen LogP contribution in [0.4, 0.5) is 5.69 Å². The molecule has 1 aromatic carbocycles. The Hall–Kier alpha value is -2.37. The molecule has 0 atom stereocenters. The summed E-state index contributed by atoms with van der Waals surface area (Å²) in [5.41, 5.74) is 4.43. The van der Waals surface area contributed by atoms with Gasteiger partial charge in [-0.3, -0.25) is 9.59 Å². The van der Waals surface area contributed by atoms with E-state index in [-0.39, 0.29) is 18.4 Å². The number of hydrazone groups is 1. The van der Waals surface area contributed by atoms with Gasteiger partial charge in [-0.05, 0) is 24.1 Å². The lowest BCUT2D eigenvalue weighted by molar-refractivity contribution is -0.126. The standard InChI is InChI=1S/C23H38N4O2/c1-4-5-6-7-8-9-10-11-12-13-22(28)24-19-23(29)26-25-18-20-14-16-21(17-15-20)27(2)3/h14-18H,4-13,19H2,1-3H3,(H,24,28)(H,26,29). The van der Waals surface area contributed by atoms with Crippen molar-refractivity contribution in [3.63, 3.8) is 0 Å². The molecule has 0 heterocycles. The highest BCUT2D eigenvalue weighted by atomic mass is 16.2. The van der Waals surface area contributed by atoms with Crippen LogP contribution in [-0.4, -0.2) is 38.7 Å². The molecule has 2 N–H and O–H groups in total. The lowest BCUT2D eigenvalue weighted by atomic mass is 10.1. The summed E-state index contributed by atoms with van der Waals surface area (Å²) in [7, 11) is 3.96. The Morgan fingerprint density at radius 2 is 1.48 bits per heavy atom. The minimum absolute atomic E-state index is 0.0484. The minimum atomic E-state index is -0.327. The van der Waals surface area contributed by atoms with Crippen molar-refractivity contribution in [2.45, 2.75) is 71.1 Å². The average molecular weight is 403 g/mol. The van der Waals surface area contributed by atoms with Crippen molar-refractivity contribution >= 4 is 23.7 Å². The fourth-order valence-electron chi connectivity index (χ4n) is 2.94. The van der Waals surface area contributed by atoms with Crippen LogP contribution in [0.25, 0.3) is 0 Å². The molecule has 162 valence electrons. The van der Waals surface area contributed by atoms with E-state index in [1.807, 2.05) is 43.3 Å². The number of nitrogens with zero attached hydrogens (tertiary/aromatic N) is 2. The zero-order chi connectivity index (χ0) is 21.3. The molecule has 0 unspecified atom stereocenters. The van der Waals surface area contributed by atoms with Crippen LogP contribution in [0.5, 0.6) is 0 Å². The van der Waals surface area contributed by atoms with Crippen molar-refractivity contribution < 1.29 is 9.59 Å². The highest BCUT2D eigenvalue weighted by Gasteiger charge is 2.04. The minimum Gasteiger partial charge on any atom is -0.378 e. The van der Waals surface area contributed by atoms with E-state index in [1.165, 1.54) is 44.9 Å². The lowest BCUT2D eigenvalue weighted by Crippen LogP contribution is -2.34. The molecule has 0 saturated carbocycles. The van der Waals surface area contributed by atoms with Crippen molar-refractivity contribution in [1.29, 1.82) is 0 Å². The van der Waals surface area contributed by atoms with Crippen molar-refractivity contribution in [1.82, 2.24) is 10.7 Å². The topological polar surface area (TPSA) is 73.8 Å². The number of benzene rings is 1. The van der Waals surface area contributed by atoms with E-state index in [1.54, 1.807) is 6.21 Å². The number of hydrogen-bond donors (Lipinski definition) is 2. The monoisotopic (exact) mass is 402 g/mol. The highest BCUT2D eigenvalue weighted by Crippen LogP contribution is 2.11. The van der Waals surface area contributed by atoms with Gasteiger partial charge >= 0.3 is 0 Å². The van der Waals surface area contributed by atoms with Gasteiger partial charge in [0.2, 0.25) is 5.91 Å². The number of carbonyl (C=O) groups excluding carboxylic acids is 2. The van der Waals surface area contributed by atoms with Gasteiger partial charge in [-0.25, -0.2) is 5.43 Å². The van der Waals surface area contributed by atoms with Crippen LogP contribution >= 0.6 is 0 Å². The van der Waals surface area contributed by atoms with Crippen LogP contribution in [0, 0.1) is 0 Å². The first-order valence-corrected chi connectivity index (χ1v) is 10.9. The Bertz CT molecular complexity index is 612. The third-order valence-corrected chi connectivity index (χ3v) is 4.77. The zero-order valence-electron chi connectivity index (χ0n) is 18.4. The molecule has 29 heavy (non-hydrogen) atoms. The normalized spacial score (nSPS) is 10.9. The van der Waals surface area contributed by atoms with Gasteiger partial charge in [0.25, 0.3) is 5.91 Å². The number of anilines is 1. The molecule has 0 aliphatic carbocycles. The molecular weight excluding hydrogens is 364 g/mol. The maximum Gasteiger partial charge on any atom is 0.259 e. The smallest absolute Gasteiger partial charge is 0.259 e. The maximum absolute atomic E-state index is 11.8. The molecule has 0 fully saturated rings. The predicted molar refractivity (Wildman–Crippen MR) is 121 cm³/mol. The Morgan fingerprint density at radius 1 is 0.897 bits per heavy atom. The molecule has 1 rings (SSSR count). The molecule has 0 spiro atoms. The quantitative estimate of drug-likeness (QED) is 0.262. The molecule has 1 aromatic rings. The van der Waals surface area contributed by atoms with Gasteiger partial charge < -0.3 is 10.2 Å². The summed E-state index contributed by atoms with van der Waals surface area (Å²) < 4.78 is 0. The Balaban J connectivity index is 2.06. The van der Waals surface area contributed by atoms with E-state index in [9.17, 15) is 9.59 Å². The molecule has 0 bridgehead atoms. The lowest BCUT2D eigenvalue weighted by Gasteiger charge is -2.11. The van der Waals surface area contributed by atoms with Crippen LogP contribution in [0.15, 0.2) is 29.4 Å². The summed E-state index contributed by atoms with van der Waals surface area (Å²) in [4.78, 5) is 25.6. The first-order chi connectivity index (χ1) is 14.0. The fraction of sp³-hybridized carbons (Fsp3) is 0.609. The van der Waals surface area contributed by atoms with E-state index in [0.29, 0.717) is 6.42 Å². The molecule has 0 saturated heterocycles. The van der Waals surface area contributed by atoms with E-state index in [2.05, 4.69) is 22.8 Å². The van der Waals surface area contributed by atoms with Gasteiger partial charge in [-0.1, -0.05) is 70.4 Å². The second-order valence-corrected chi connectivity index (χ2v) is 7.63. The molecule has 6 nitrogen and oxygen atoms in total. The Kier molecular flexibility index (Phi) is 13.2. The summed E-state index contributed by atoms with van der Waals surface area (Å²) in [6.45, 7) is 2.18. The molecule has 0 radical (unpaired) electrons. The highest BCUT2D eigenvalue weighted by molar-refractivity contribution is 5.86. The van der Waals surface area contributed by atoms with Gasteiger partial charge in [0.15, 0.2) is 0 Å². The van der Waals surface area contributed by atoms with Gasteiger partial charge in [-0.2, -0.15) is 5.10 Å². The zero-order valence-corrected chi connectivity index (χ0v) is 18.4. The van der Waals surface area contributed by atoms with Crippen LogP contribution < -0.4 is 15.6 Å². The van der Waals surface area contributed by atoms with E-state index in [4.69, 9.17) is 0 Å². The third-order valence-electron chi connectivity index (χ3n) is 4.77. The van der Waals surface area contributed by atoms with Crippen molar-refractivity contribution in [3.05, 3.63) is 29.8 Å². The van der Waals surface area contributed by atoms with Crippen LogP contribution in [0.2, 0.25) is 0 Å². The van der Waals surface area contributed by atoms with Crippen molar-refractivity contribution in [3.8, 4) is 0 Å². The number of rotatable bonds is 15. The molecule has 0 aromatic heterocycles. The average Bonchev–Trinajstić information content (AvgIpc) is 2.71. The van der Waals surface area contributed by atoms with Crippen LogP contribution in [-0.2, 0) is 9.59 Å². The van der Waals surface area contributed by atoms with E-state index in [0.717, 1.165) is 24.1 Å². The van der Waals surface area contributed by atoms with E-state index < -0.39 is 0 Å². The summed E-state index contributed by atoms with van der Waals surface area (Å²) in [6.07, 6.45) is 13.0. The Morgan fingerprint density at radius 3 is 2.07 bits per heavy atom. The largest absolute Gasteiger partial charge is 0.378 e. The molecule has 6 heteroatoms. The number of carbonyl (C=O) groups is 2. The molecule has 2 amide bonds. The summed E-state index contributed by atoms with van der Waals surface area (Å²) >= 11 is 0. The number of amides is 2. The van der Waals surface area contributed by atoms with Gasteiger partial charge in [-0.15, -0.1) is 0 Å². The molecule has 0 aliphatic heterocycles. The summed E-state index contributed by atoms with van der Waals surface area (Å²) in [6, 6.07) is 7.82. The summed E-state index contributed by atoms with van der Waals surface area (Å²) in [5.74, 6) is -0.405. The van der Waals surface area contributed by atoms with Crippen LogP contribution in [0.3, 0.4) is 0 Å². The summed E-state index contributed by atoms with van der Waals surface area (Å²) in [5, 5.41) is 6.57. The molecular formula is C23H38N4O2. The van der Waals surface area contributed by atoms with Gasteiger partial charge in [0, 0.05) is 26.2 Å². The number of unbranched alkanes of at least 4 members (excludes halogenated alkanes) is 8. The number of hydrogen-bond acceptors (Lipinski definition) is 4. The SMILES string of the molecule is CCCCCCCCCCCC(=O)NCC(=O)NN=Cc1ccc(N(C)C)cc1. The van der Waals surface area contributed by atoms with Gasteiger partial charge in [0.1, 0.15) is 0 Å². The fourth-order valence-corrected chi connectivity index (χ4v) is 2.94. The maximum atomic E-state index is 11.8. The second-order valence-electron chi connectivity index (χ2n) is 7.63. The van der Waals surface area contributed by atoms with E-state index >= 15 is 0 Å². The third kappa shape index (κ3) is 12.7. The Labute approximate surface area is 176 Å².